The van der Waals surface area contributed by atoms with Gasteiger partial charge in [0.2, 0.25) is 0 Å². The van der Waals surface area contributed by atoms with Gasteiger partial charge in [0.25, 0.3) is 0 Å². The lowest BCUT2D eigenvalue weighted by molar-refractivity contribution is 0.0751. The molecule has 0 aliphatic carbocycles. The molecule has 0 amide bonds. The van der Waals surface area contributed by atoms with E-state index in [1.807, 2.05) is 0 Å². The van der Waals surface area contributed by atoms with Crippen LogP contribution in [-0.4, -0.2) is 20.6 Å². The van der Waals surface area contributed by atoms with E-state index in [4.69, 9.17) is 11.9 Å². The van der Waals surface area contributed by atoms with Gasteiger partial charge in [0.1, 0.15) is 11.9 Å². The minimum absolute atomic E-state index is 0.0528. The predicted molar refractivity (Wildman–Crippen MR) is 50.8 cm³/mol. The van der Waals surface area contributed by atoms with Crippen molar-refractivity contribution < 1.29 is 17.5 Å². The summed E-state index contributed by atoms with van der Waals surface area (Å²) in [6.07, 6.45) is 1.05. The average molecular weight is 235 g/mol. The topological polar surface area (TPSA) is 60.4 Å². The van der Waals surface area contributed by atoms with Crippen molar-refractivity contribution in [2.75, 3.05) is 6.26 Å². The number of hydrogen-bond acceptors (Lipinski definition) is 4. The minimum Gasteiger partial charge on any atom is -0.343 e. The first kappa shape index (κ1) is 11.0. The molecule has 0 saturated heterocycles. The van der Waals surface area contributed by atoms with Crippen LogP contribution in [0.1, 0.15) is 10.4 Å². The van der Waals surface area contributed by atoms with E-state index in [1.165, 1.54) is 24.3 Å². The van der Waals surface area contributed by atoms with Crippen molar-refractivity contribution >= 4 is 27.7 Å². The average Bonchev–Trinajstić information content (AvgIpc) is 2.15. The lowest BCUT2D eigenvalue weighted by atomic mass is 10.2. The van der Waals surface area contributed by atoms with Crippen molar-refractivity contribution in [1.29, 1.82) is 0 Å². The van der Waals surface area contributed by atoms with Crippen LogP contribution in [0.3, 0.4) is 0 Å². The third kappa shape index (κ3) is 2.46. The van der Waals surface area contributed by atoms with Crippen LogP contribution in [0.15, 0.2) is 29.2 Å². The van der Waals surface area contributed by atoms with Crippen LogP contribution in [0.2, 0.25) is 0 Å². The van der Waals surface area contributed by atoms with Crippen LogP contribution >= 0.6 is 11.9 Å². The Morgan fingerprint density at radius 2 is 2.07 bits per heavy atom. The predicted octanol–water partition coefficient (Wildman–Crippen LogP) is 1.40. The standard InChI is InChI=1S/C8H7ClO4S/c1-14(11,12)7-4-2-3-6(5-7)8(10)13-9/h2-5H,1H3. The minimum atomic E-state index is -3.32. The van der Waals surface area contributed by atoms with E-state index in [-0.39, 0.29) is 10.5 Å². The number of benzene rings is 1. The summed E-state index contributed by atoms with van der Waals surface area (Å²) in [5, 5.41) is 0. The van der Waals surface area contributed by atoms with Crippen LogP contribution < -0.4 is 0 Å². The maximum atomic E-state index is 11.1. The Hall–Kier alpha value is -1.07. The van der Waals surface area contributed by atoms with Gasteiger partial charge in [-0.25, -0.2) is 13.2 Å². The molecule has 0 atom stereocenters. The zero-order valence-electron chi connectivity index (χ0n) is 7.23. The summed E-state index contributed by atoms with van der Waals surface area (Å²) in [5.74, 6) is -0.780. The van der Waals surface area contributed by atoms with Gasteiger partial charge in [-0.15, -0.1) is 0 Å². The van der Waals surface area contributed by atoms with Crippen LogP contribution in [0, 0.1) is 0 Å². The number of carbonyl (C=O) groups excluding carboxylic acids is 1. The summed E-state index contributed by atoms with van der Waals surface area (Å²) < 4.78 is 26.2. The molecule has 6 heteroatoms. The molecule has 0 saturated carbocycles. The Morgan fingerprint density at radius 1 is 1.43 bits per heavy atom. The fourth-order valence-electron chi connectivity index (χ4n) is 0.898. The smallest absolute Gasteiger partial charge is 0.343 e. The first-order valence-corrected chi connectivity index (χ1v) is 5.78. The van der Waals surface area contributed by atoms with Crippen LogP contribution in [0.4, 0.5) is 0 Å². The van der Waals surface area contributed by atoms with E-state index in [0.29, 0.717) is 0 Å². The van der Waals surface area contributed by atoms with E-state index >= 15 is 0 Å². The second-order valence-corrected chi connectivity index (χ2v) is 4.83. The third-order valence-corrected chi connectivity index (χ3v) is 2.82. The van der Waals surface area contributed by atoms with Crippen molar-refractivity contribution in [3.8, 4) is 0 Å². The molecule has 14 heavy (non-hydrogen) atoms. The van der Waals surface area contributed by atoms with Crippen molar-refractivity contribution in [3.05, 3.63) is 29.8 Å². The molecule has 0 unspecified atom stereocenters. The first-order chi connectivity index (χ1) is 6.45. The zero-order chi connectivity index (χ0) is 10.8. The normalized spacial score (nSPS) is 11.0. The van der Waals surface area contributed by atoms with Gasteiger partial charge in [-0.05, 0) is 18.2 Å². The fourth-order valence-corrected chi connectivity index (χ4v) is 1.65. The second-order valence-electron chi connectivity index (χ2n) is 2.66. The van der Waals surface area contributed by atoms with Crippen LogP contribution in [0.25, 0.3) is 0 Å². The maximum Gasteiger partial charge on any atom is 0.356 e. The summed E-state index contributed by atoms with van der Waals surface area (Å²) in [5.41, 5.74) is 0.0999. The van der Waals surface area contributed by atoms with E-state index in [9.17, 15) is 13.2 Å². The molecule has 0 spiro atoms. The lowest BCUT2D eigenvalue weighted by Gasteiger charge is -2.00. The number of hydrogen-bond donors (Lipinski definition) is 0. The van der Waals surface area contributed by atoms with Crippen molar-refractivity contribution in [1.82, 2.24) is 0 Å². The zero-order valence-corrected chi connectivity index (χ0v) is 8.80. The van der Waals surface area contributed by atoms with Crippen molar-refractivity contribution in [2.45, 2.75) is 4.90 Å². The molecule has 0 heterocycles. The summed E-state index contributed by atoms with van der Waals surface area (Å²) in [7, 11) is -3.32. The van der Waals surface area contributed by atoms with Gasteiger partial charge >= 0.3 is 5.97 Å². The molecule has 0 fully saturated rings. The van der Waals surface area contributed by atoms with Crippen molar-refractivity contribution in [2.24, 2.45) is 0 Å². The monoisotopic (exact) mass is 234 g/mol. The second kappa shape index (κ2) is 3.98. The molecule has 1 aromatic rings. The van der Waals surface area contributed by atoms with Gasteiger partial charge in [-0.3, -0.25) is 0 Å². The summed E-state index contributed by atoms with van der Waals surface area (Å²) in [6.45, 7) is 0. The molecule has 1 rings (SSSR count). The first-order valence-electron chi connectivity index (χ1n) is 3.58. The Morgan fingerprint density at radius 3 is 2.57 bits per heavy atom. The summed E-state index contributed by atoms with van der Waals surface area (Å²) >= 11 is 4.85. The summed E-state index contributed by atoms with van der Waals surface area (Å²) in [4.78, 5) is 11.0. The third-order valence-electron chi connectivity index (χ3n) is 1.57. The fraction of sp³-hybridized carbons (Fsp3) is 0.125. The van der Waals surface area contributed by atoms with Gasteiger partial charge < -0.3 is 4.29 Å². The Bertz CT molecular complexity index is 452. The quantitative estimate of drug-likeness (QED) is 0.776. The van der Waals surface area contributed by atoms with Gasteiger partial charge in [0.05, 0.1) is 10.5 Å². The highest BCUT2D eigenvalue weighted by Crippen LogP contribution is 2.12. The molecule has 1 aromatic carbocycles. The van der Waals surface area contributed by atoms with Gasteiger partial charge in [-0.1, -0.05) is 6.07 Å². The largest absolute Gasteiger partial charge is 0.356 e. The Balaban J connectivity index is 3.21. The number of sulfone groups is 1. The van der Waals surface area contributed by atoms with Gasteiger partial charge in [0.15, 0.2) is 9.84 Å². The Labute approximate surface area is 86.5 Å². The maximum absolute atomic E-state index is 11.1. The Kier molecular flexibility index (Phi) is 3.13. The highest BCUT2D eigenvalue weighted by Gasteiger charge is 2.11. The molecule has 0 aliphatic rings. The highest BCUT2D eigenvalue weighted by molar-refractivity contribution is 7.90. The molecule has 76 valence electrons. The number of halogens is 1. The van der Waals surface area contributed by atoms with Gasteiger partial charge in [0, 0.05) is 6.26 Å². The highest BCUT2D eigenvalue weighted by atomic mass is 35.5. The summed E-state index contributed by atoms with van der Waals surface area (Å²) in [6, 6.07) is 5.46. The number of rotatable bonds is 2. The molecule has 0 aromatic heterocycles. The molecule has 0 radical (unpaired) electrons. The van der Waals surface area contributed by atoms with Crippen molar-refractivity contribution in [3.63, 3.8) is 0 Å². The van der Waals surface area contributed by atoms with E-state index in [1.54, 1.807) is 0 Å². The van der Waals surface area contributed by atoms with E-state index in [2.05, 4.69) is 4.29 Å². The lowest BCUT2D eigenvalue weighted by Crippen LogP contribution is -2.02. The SMILES string of the molecule is CS(=O)(=O)c1cccc(C(=O)OCl)c1. The molecular weight excluding hydrogens is 228 g/mol. The van der Waals surface area contributed by atoms with Gasteiger partial charge in [-0.2, -0.15) is 0 Å². The van der Waals surface area contributed by atoms with E-state index in [0.717, 1.165) is 6.26 Å². The molecule has 0 bridgehead atoms. The molecule has 4 nitrogen and oxygen atoms in total. The molecule has 0 N–H and O–H groups in total. The molecular formula is C8H7ClO4S. The molecule has 0 aliphatic heterocycles. The van der Waals surface area contributed by atoms with E-state index < -0.39 is 15.8 Å². The number of carbonyl (C=O) groups is 1. The van der Waals surface area contributed by atoms with Crippen LogP contribution in [-0.2, 0) is 14.1 Å². The van der Waals surface area contributed by atoms with Crippen LogP contribution in [0.5, 0.6) is 0 Å².